The molecule has 1 spiro atoms. The Morgan fingerprint density at radius 2 is 1.04 bits per heavy atom. The van der Waals surface area contributed by atoms with Crippen molar-refractivity contribution in [3.05, 3.63) is 209 Å². The molecule has 0 amide bonds. The van der Waals surface area contributed by atoms with Gasteiger partial charge in [0.05, 0.1) is 16.8 Å². The second kappa shape index (κ2) is 10.8. The van der Waals surface area contributed by atoms with E-state index in [-0.39, 0.29) is 5.41 Å². The Hall–Kier alpha value is -6.51. The van der Waals surface area contributed by atoms with Crippen molar-refractivity contribution in [3.63, 3.8) is 0 Å². The van der Waals surface area contributed by atoms with E-state index in [0.717, 1.165) is 55.6 Å². The molecule has 0 radical (unpaired) electrons. The Morgan fingerprint density at radius 1 is 0.434 bits per heavy atom. The second-order valence-electron chi connectivity index (χ2n) is 15.0. The van der Waals surface area contributed by atoms with Gasteiger partial charge in [0.2, 0.25) is 0 Å². The van der Waals surface area contributed by atoms with Crippen molar-refractivity contribution >= 4 is 21.9 Å². The summed E-state index contributed by atoms with van der Waals surface area (Å²) >= 11 is 0. The Balaban J connectivity index is 1.11. The summed E-state index contributed by atoms with van der Waals surface area (Å²) in [6.45, 7) is 0. The van der Waals surface area contributed by atoms with Crippen molar-refractivity contribution in [1.82, 2.24) is 4.98 Å². The SMILES string of the molecule is c1ccc(-c2cc(-c3cccc4c3oc3ccccc34)cc(-c3ccc4c(c3)-c3ccccc3C43c4ccccc4C4CC4c4ccccc43)n2)cc1. The molecule has 9 aromatic rings. The highest BCUT2D eigenvalue weighted by molar-refractivity contribution is 6.09. The zero-order chi connectivity index (χ0) is 34.7. The molecule has 1 saturated carbocycles. The zero-order valence-corrected chi connectivity index (χ0v) is 29.0. The largest absolute Gasteiger partial charge is 0.455 e. The smallest absolute Gasteiger partial charge is 0.143 e. The standard InChI is InChI=1S/C51H33NO/c1-2-13-31(14-3-1)47-28-33(34-19-12-20-39-38-18-7-11-24-49(38)53-50(34)39)29-48(52-47)32-25-26-46-42(27-32)37-17-6-10-23-45(37)51(46)43-21-8-4-15-35(43)40-30-41(40)36-16-5-9-22-44(36)51/h1-29,40-41H,30H2. The van der Waals surface area contributed by atoms with E-state index in [4.69, 9.17) is 9.40 Å². The van der Waals surface area contributed by atoms with Gasteiger partial charge in [-0.2, -0.15) is 0 Å². The minimum absolute atomic E-state index is 0.382. The van der Waals surface area contributed by atoms with E-state index in [1.54, 1.807) is 0 Å². The molecular formula is C51H33NO. The Kier molecular flexibility index (Phi) is 5.91. The zero-order valence-electron chi connectivity index (χ0n) is 29.0. The van der Waals surface area contributed by atoms with Gasteiger partial charge >= 0.3 is 0 Å². The molecule has 0 aliphatic heterocycles. The van der Waals surface area contributed by atoms with E-state index in [2.05, 4.69) is 170 Å². The van der Waals surface area contributed by atoms with Crippen LogP contribution in [-0.2, 0) is 5.41 Å². The first-order valence-electron chi connectivity index (χ1n) is 18.7. The molecule has 1 fully saturated rings. The minimum Gasteiger partial charge on any atom is -0.455 e. The van der Waals surface area contributed by atoms with E-state index >= 15 is 0 Å². The Labute approximate surface area is 308 Å². The lowest BCUT2D eigenvalue weighted by Gasteiger charge is -2.36. The first kappa shape index (κ1) is 29.1. The Morgan fingerprint density at radius 3 is 1.83 bits per heavy atom. The lowest BCUT2D eigenvalue weighted by atomic mass is 9.65. The number of benzene rings is 7. The summed E-state index contributed by atoms with van der Waals surface area (Å²) in [6, 6.07) is 64.5. The van der Waals surface area contributed by atoms with Gasteiger partial charge in [-0.3, -0.25) is 0 Å². The molecular weight excluding hydrogens is 643 g/mol. The van der Waals surface area contributed by atoms with E-state index in [1.165, 1.54) is 50.9 Å². The van der Waals surface area contributed by atoms with E-state index < -0.39 is 0 Å². The maximum atomic E-state index is 6.55. The number of fused-ring (bicyclic) bond motifs is 15. The number of hydrogen-bond donors (Lipinski definition) is 0. The van der Waals surface area contributed by atoms with Gasteiger partial charge in [-0.25, -0.2) is 4.98 Å². The van der Waals surface area contributed by atoms with Crippen molar-refractivity contribution in [2.24, 2.45) is 0 Å². The molecule has 2 nitrogen and oxygen atoms in total. The topological polar surface area (TPSA) is 26.0 Å². The van der Waals surface area contributed by atoms with Gasteiger partial charge in [-0.15, -0.1) is 0 Å². The number of furan rings is 1. The third-order valence-electron chi connectivity index (χ3n) is 12.3. The van der Waals surface area contributed by atoms with Crippen LogP contribution >= 0.6 is 0 Å². The molecule has 2 atom stereocenters. The molecule has 3 aliphatic carbocycles. The van der Waals surface area contributed by atoms with Crippen molar-refractivity contribution < 1.29 is 4.42 Å². The number of para-hydroxylation sites is 2. The summed E-state index contributed by atoms with van der Waals surface area (Å²) in [7, 11) is 0. The summed E-state index contributed by atoms with van der Waals surface area (Å²) < 4.78 is 6.55. The highest BCUT2D eigenvalue weighted by atomic mass is 16.3. The quantitative estimate of drug-likeness (QED) is 0.186. The summed E-state index contributed by atoms with van der Waals surface area (Å²) in [4.78, 5) is 5.38. The molecule has 2 heteroatoms. The van der Waals surface area contributed by atoms with Gasteiger partial charge in [-0.05, 0) is 92.6 Å². The molecule has 0 N–H and O–H groups in total. The van der Waals surface area contributed by atoms with Crippen LogP contribution in [0.15, 0.2) is 180 Å². The van der Waals surface area contributed by atoms with Crippen molar-refractivity contribution in [1.29, 1.82) is 0 Å². The predicted molar refractivity (Wildman–Crippen MR) is 215 cm³/mol. The molecule has 2 aromatic heterocycles. The normalized spacial score (nSPS) is 18.9. The average Bonchev–Trinajstić information content (AvgIpc) is 3.87. The summed E-state index contributed by atoms with van der Waals surface area (Å²) in [5.41, 5.74) is 18.8. The van der Waals surface area contributed by atoms with Crippen LogP contribution in [0.2, 0.25) is 0 Å². The fourth-order valence-corrected chi connectivity index (χ4v) is 9.94. The van der Waals surface area contributed by atoms with Crippen LogP contribution in [0.5, 0.6) is 0 Å². The van der Waals surface area contributed by atoms with Crippen LogP contribution in [0.4, 0.5) is 0 Å². The molecule has 7 aromatic carbocycles. The molecule has 0 saturated heterocycles. The van der Waals surface area contributed by atoms with Gasteiger partial charge in [-0.1, -0.05) is 152 Å². The van der Waals surface area contributed by atoms with Gasteiger partial charge in [0.15, 0.2) is 0 Å². The number of nitrogens with zero attached hydrogens (tertiary/aromatic N) is 1. The molecule has 3 aliphatic rings. The molecule has 12 rings (SSSR count). The minimum atomic E-state index is -0.382. The van der Waals surface area contributed by atoms with Crippen LogP contribution in [0.3, 0.4) is 0 Å². The molecule has 2 unspecified atom stereocenters. The predicted octanol–water partition coefficient (Wildman–Crippen LogP) is 12.9. The summed E-state index contributed by atoms with van der Waals surface area (Å²) in [5, 5.41) is 2.26. The van der Waals surface area contributed by atoms with Gasteiger partial charge < -0.3 is 4.42 Å². The monoisotopic (exact) mass is 675 g/mol. The summed E-state index contributed by atoms with van der Waals surface area (Å²) in [5.74, 6) is 1.14. The lowest BCUT2D eigenvalue weighted by molar-refractivity contribution is 0.670. The van der Waals surface area contributed by atoms with Crippen LogP contribution < -0.4 is 0 Å². The lowest BCUT2D eigenvalue weighted by Crippen LogP contribution is -2.30. The van der Waals surface area contributed by atoms with E-state index in [1.807, 2.05) is 6.07 Å². The van der Waals surface area contributed by atoms with Gasteiger partial charge in [0, 0.05) is 27.5 Å². The van der Waals surface area contributed by atoms with Crippen molar-refractivity contribution in [2.45, 2.75) is 23.7 Å². The number of pyridine rings is 1. The molecule has 0 bridgehead atoms. The van der Waals surface area contributed by atoms with Crippen LogP contribution in [-0.4, -0.2) is 4.98 Å². The third kappa shape index (κ3) is 4.01. The van der Waals surface area contributed by atoms with Crippen LogP contribution in [0.25, 0.3) is 66.7 Å². The molecule has 248 valence electrons. The fourth-order valence-electron chi connectivity index (χ4n) is 9.94. The summed E-state index contributed by atoms with van der Waals surface area (Å²) in [6.07, 6.45) is 1.23. The number of rotatable bonds is 3. The second-order valence-corrected chi connectivity index (χ2v) is 15.0. The van der Waals surface area contributed by atoms with E-state index in [9.17, 15) is 0 Å². The molecule has 2 heterocycles. The molecule has 53 heavy (non-hydrogen) atoms. The number of hydrogen-bond acceptors (Lipinski definition) is 2. The Bertz CT molecular complexity index is 2900. The van der Waals surface area contributed by atoms with Gasteiger partial charge in [0.25, 0.3) is 0 Å². The highest BCUT2D eigenvalue weighted by Gasteiger charge is 2.55. The van der Waals surface area contributed by atoms with Crippen molar-refractivity contribution in [2.75, 3.05) is 0 Å². The first-order chi connectivity index (χ1) is 26.3. The van der Waals surface area contributed by atoms with Gasteiger partial charge in [0.1, 0.15) is 11.2 Å². The van der Waals surface area contributed by atoms with E-state index in [0.29, 0.717) is 11.8 Å². The third-order valence-corrected chi connectivity index (χ3v) is 12.3. The fraction of sp³-hybridized carbons (Fsp3) is 0.0784. The maximum Gasteiger partial charge on any atom is 0.143 e. The maximum absolute atomic E-state index is 6.55. The van der Waals surface area contributed by atoms with Crippen LogP contribution in [0.1, 0.15) is 51.6 Å². The number of aromatic nitrogens is 1. The van der Waals surface area contributed by atoms with Crippen molar-refractivity contribution in [3.8, 4) is 44.8 Å². The van der Waals surface area contributed by atoms with Crippen LogP contribution in [0, 0.1) is 0 Å². The average molecular weight is 676 g/mol. The highest BCUT2D eigenvalue weighted by Crippen LogP contribution is 2.66. The first-order valence-corrected chi connectivity index (χ1v) is 18.7.